The number of piperidine rings is 1. The first kappa shape index (κ1) is 20.2. The number of fused-ring (bicyclic) bond motifs is 4. The molecule has 0 spiro atoms. The lowest BCUT2D eigenvalue weighted by Crippen LogP contribution is -2.41. The fraction of sp³-hybridized carbons (Fsp3) is 0.538. The molecule has 3 aromatic rings. The molecule has 3 atom stereocenters. The van der Waals surface area contributed by atoms with Crippen LogP contribution in [0.2, 0.25) is 0 Å². The van der Waals surface area contributed by atoms with Gasteiger partial charge in [-0.2, -0.15) is 0 Å². The van der Waals surface area contributed by atoms with Crippen LogP contribution >= 0.6 is 0 Å². The number of likely N-dealkylation sites (N-methyl/N-ethyl adjacent to an activating group) is 1. The Bertz CT molecular complexity index is 1100. The van der Waals surface area contributed by atoms with Crippen LogP contribution in [0.4, 0.5) is 5.82 Å². The van der Waals surface area contributed by atoms with E-state index in [0.29, 0.717) is 12.1 Å². The van der Waals surface area contributed by atoms with Crippen LogP contribution in [-0.2, 0) is 13.0 Å². The molecule has 6 rings (SSSR count). The van der Waals surface area contributed by atoms with E-state index in [-0.39, 0.29) is 0 Å². The number of anilines is 1. The molecule has 0 radical (unpaired) electrons. The zero-order chi connectivity index (χ0) is 21.7. The monoisotopic (exact) mass is 430 g/mol. The maximum Gasteiger partial charge on any atom is 0.138 e. The quantitative estimate of drug-likeness (QED) is 0.630. The number of hydrogen-bond donors (Lipinski definition) is 0. The van der Waals surface area contributed by atoms with E-state index in [1.165, 1.54) is 54.9 Å². The van der Waals surface area contributed by atoms with Crippen LogP contribution in [0.25, 0.3) is 5.65 Å². The maximum atomic E-state index is 5.05. The molecule has 3 aliphatic rings. The van der Waals surface area contributed by atoms with Crippen LogP contribution in [0, 0.1) is 5.92 Å². The number of hydrogen-bond acceptors (Lipinski definition) is 5. The van der Waals surface area contributed by atoms with E-state index >= 15 is 0 Å². The highest BCUT2D eigenvalue weighted by atomic mass is 15.3. The number of likely N-dealkylation sites (tertiary alicyclic amines) is 1. The van der Waals surface area contributed by atoms with Gasteiger partial charge in [0, 0.05) is 38.1 Å². The average molecular weight is 431 g/mol. The number of rotatable bonds is 4. The second kappa shape index (κ2) is 8.16. The molecule has 0 bridgehead atoms. The summed E-state index contributed by atoms with van der Waals surface area (Å²) >= 11 is 0. The van der Waals surface area contributed by atoms with Gasteiger partial charge in [0.1, 0.15) is 11.5 Å². The van der Waals surface area contributed by atoms with Gasteiger partial charge in [0.05, 0.1) is 17.4 Å². The Morgan fingerprint density at radius 1 is 1.06 bits per heavy atom. The van der Waals surface area contributed by atoms with Crippen LogP contribution in [0.1, 0.15) is 48.7 Å². The Morgan fingerprint density at radius 2 is 2.00 bits per heavy atom. The van der Waals surface area contributed by atoms with Crippen molar-refractivity contribution in [2.45, 2.75) is 50.7 Å². The van der Waals surface area contributed by atoms with Gasteiger partial charge in [0.25, 0.3) is 0 Å². The lowest BCUT2D eigenvalue weighted by molar-refractivity contribution is 0.0687. The van der Waals surface area contributed by atoms with Gasteiger partial charge in [-0.15, -0.1) is 0 Å². The minimum atomic E-state index is 0.442. The highest BCUT2D eigenvalue weighted by Gasteiger charge is 2.37. The van der Waals surface area contributed by atoms with E-state index in [1.807, 2.05) is 6.20 Å². The van der Waals surface area contributed by atoms with Gasteiger partial charge in [-0.3, -0.25) is 14.3 Å². The Balaban J connectivity index is 1.28. The van der Waals surface area contributed by atoms with Gasteiger partial charge in [0.15, 0.2) is 0 Å². The van der Waals surface area contributed by atoms with Crippen LogP contribution in [0.5, 0.6) is 0 Å². The molecule has 0 aromatic carbocycles. The standard InChI is InChI=1S/C26H34N6/c1-29(2)22-12-15-30(18-22)24-9-3-8-23-28-21(17-32(23)24)16-31-14-5-7-20-11-10-19-6-4-13-27-25(19)26(20)31/h3-4,6,8-9,13,17,20,22,26H,5,7,10-12,14-16,18H2,1-2H3/t20-,22-,26-/m0/s1. The minimum absolute atomic E-state index is 0.442. The van der Waals surface area contributed by atoms with Gasteiger partial charge < -0.3 is 9.80 Å². The predicted octanol–water partition coefficient (Wildman–Crippen LogP) is 3.77. The molecule has 3 aromatic heterocycles. The van der Waals surface area contributed by atoms with Crippen molar-refractivity contribution in [3.8, 4) is 0 Å². The van der Waals surface area contributed by atoms with Crippen LogP contribution in [0.15, 0.2) is 42.7 Å². The SMILES string of the molecule is CN(C)[C@H]1CCN(c2cccc3nc(CN4CCC[C@H]5CCc6cccnc6[C@H]54)cn23)C1. The molecular formula is C26H34N6. The molecule has 2 saturated heterocycles. The van der Waals surface area contributed by atoms with Crippen molar-refractivity contribution in [3.05, 3.63) is 59.7 Å². The van der Waals surface area contributed by atoms with E-state index in [2.05, 4.69) is 69.7 Å². The molecule has 32 heavy (non-hydrogen) atoms. The van der Waals surface area contributed by atoms with Crippen molar-refractivity contribution in [1.82, 2.24) is 24.2 Å². The summed E-state index contributed by atoms with van der Waals surface area (Å²) in [5, 5.41) is 0. The number of imidazole rings is 1. The predicted molar refractivity (Wildman–Crippen MR) is 128 cm³/mol. The molecule has 6 heteroatoms. The number of aryl methyl sites for hydroxylation is 1. The molecule has 5 heterocycles. The summed E-state index contributed by atoms with van der Waals surface area (Å²) in [5.41, 5.74) is 4.99. The average Bonchev–Trinajstić information content (AvgIpc) is 3.46. The lowest BCUT2D eigenvalue weighted by Gasteiger charge is -2.44. The third-order valence-corrected chi connectivity index (χ3v) is 7.95. The molecule has 6 nitrogen and oxygen atoms in total. The molecule has 0 unspecified atom stereocenters. The van der Waals surface area contributed by atoms with E-state index in [1.54, 1.807) is 0 Å². The Labute approximate surface area is 190 Å². The first-order valence-electron chi connectivity index (χ1n) is 12.2. The zero-order valence-corrected chi connectivity index (χ0v) is 19.3. The second-order valence-electron chi connectivity index (χ2n) is 10.1. The molecule has 0 N–H and O–H groups in total. The number of pyridine rings is 2. The molecule has 2 fully saturated rings. The van der Waals surface area contributed by atoms with Gasteiger partial charge in [-0.25, -0.2) is 4.98 Å². The fourth-order valence-corrected chi connectivity index (χ4v) is 6.26. The number of nitrogens with zero attached hydrogens (tertiary/aromatic N) is 6. The summed E-state index contributed by atoms with van der Waals surface area (Å²) in [7, 11) is 4.38. The first-order chi connectivity index (χ1) is 15.7. The van der Waals surface area contributed by atoms with Gasteiger partial charge >= 0.3 is 0 Å². The molecule has 0 amide bonds. The van der Waals surface area contributed by atoms with Crippen molar-refractivity contribution in [2.75, 3.05) is 38.6 Å². The van der Waals surface area contributed by atoms with Crippen LogP contribution < -0.4 is 4.90 Å². The maximum absolute atomic E-state index is 5.05. The van der Waals surface area contributed by atoms with Crippen molar-refractivity contribution in [1.29, 1.82) is 0 Å². The Kier molecular flexibility index (Phi) is 5.15. The van der Waals surface area contributed by atoms with E-state index < -0.39 is 0 Å². The summed E-state index contributed by atoms with van der Waals surface area (Å²) in [5.74, 6) is 2.00. The summed E-state index contributed by atoms with van der Waals surface area (Å²) in [4.78, 5) is 17.4. The molecule has 2 aliphatic heterocycles. The summed E-state index contributed by atoms with van der Waals surface area (Å²) < 4.78 is 2.31. The van der Waals surface area contributed by atoms with E-state index in [0.717, 1.165) is 37.7 Å². The highest BCUT2D eigenvalue weighted by molar-refractivity contribution is 5.53. The molecule has 0 saturated carbocycles. The smallest absolute Gasteiger partial charge is 0.138 e. The van der Waals surface area contributed by atoms with Crippen molar-refractivity contribution in [2.24, 2.45) is 5.92 Å². The second-order valence-corrected chi connectivity index (χ2v) is 10.1. The summed E-state index contributed by atoms with van der Waals surface area (Å²) in [6.07, 6.45) is 10.5. The van der Waals surface area contributed by atoms with Crippen molar-refractivity contribution in [3.63, 3.8) is 0 Å². The van der Waals surface area contributed by atoms with Crippen LogP contribution in [0.3, 0.4) is 0 Å². The summed E-state index contributed by atoms with van der Waals surface area (Å²) in [6, 6.07) is 12.0. The topological polar surface area (TPSA) is 39.9 Å². The third-order valence-electron chi connectivity index (χ3n) is 7.95. The fourth-order valence-electron chi connectivity index (χ4n) is 6.26. The highest BCUT2D eigenvalue weighted by Crippen LogP contribution is 2.43. The third kappa shape index (κ3) is 3.50. The Hall–Kier alpha value is -2.44. The normalized spacial score (nSPS) is 26.0. The lowest BCUT2D eigenvalue weighted by atomic mass is 9.77. The van der Waals surface area contributed by atoms with Crippen molar-refractivity contribution < 1.29 is 0 Å². The van der Waals surface area contributed by atoms with Crippen LogP contribution in [-0.4, -0.2) is 63.9 Å². The van der Waals surface area contributed by atoms with E-state index in [9.17, 15) is 0 Å². The largest absolute Gasteiger partial charge is 0.356 e. The van der Waals surface area contributed by atoms with Crippen molar-refractivity contribution >= 4 is 11.5 Å². The van der Waals surface area contributed by atoms with Gasteiger partial charge in [-0.1, -0.05) is 12.1 Å². The Morgan fingerprint density at radius 3 is 2.88 bits per heavy atom. The molecule has 168 valence electrons. The van der Waals surface area contributed by atoms with Gasteiger partial charge in [-0.05, 0) is 82.4 Å². The summed E-state index contributed by atoms with van der Waals surface area (Å²) in [6.45, 7) is 4.22. The molecular weight excluding hydrogens is 396 g/mol. The van der Waals surface area contributed by atoms with Gasteiger partial charge in [0.2, 0.25) is 0 Å². The number of aromatic nitrogens is 3. The minimum Gasteiger partial charge on any atom is -0.356 e. The zero-order valence-electron chi connectivity index (χ0n) is 19.3. The molecule has 1 aliphatic carbocycles. The first-order valence-corrected chi connectivity index (χ1v) is 12.2. The van der Waals surface area contributed by atoms with E-state index in [4.69, 9.17) is 9.97 Å².